The van der Waals surface area contributed by atoms with Crippen LogP contribution >= 0.6 is 15.9 Å². The number of hydrogen-bond acceptors (Lipinski definition) is 4. The molecule has 3 N–H and O–H groups in total. The van der Waals surface area contributed by atoms with Crippen molar-refractivity contribution in [2.75, 3.05) is 6.61 Å². The lowest BCUT2D eigenvalue weighted by molar-refractivity contribution is -0.123. The van der Waals surface area contributed by atoms with Gasteiger partial charge in [-0.25, -0.2) is 13.6 Å². The molecule has 0 atom stereocenters. The highest BCUT2D eigenvalue weighted by molar-refractivity contribution is 9.10. The van der Waals surface area contributed by atoms with Crippen molar-refractivity contribution < 1.29 is 17.9 Å². The van der Waals surface area contributed by atoms with E-state index in [4.69, 9.17) is 9.88 Å². The molecule has 1 fully saturated rings. The fourth-order valence-electron chi connectivity index (χ4n) is 2.26. The molecule has 21 heavy (non-hydrogen) atoms. The molecule has 1 aromatic rings. The third-order valence-electron chi connectivity index (χ3n) is 3.31. The maximum absolute atomic E-state index is 11.7. The number of benzene rings is 1. The van der Waals surface area contributed by atoms with Gasteiger partial charge in [0.2, 0.25) is 10.0 Å². The normalized spacial score (nSPS) is 15.9. The summed E-state index contributed by atoms with van der Waals surface area (Å²) in [5.41, 5.74) is 0. The zero-order valence-electron chi connectivity index (χ0n) is 11.3. The standard InChI is InChI=1S/C13H17BrN2O4S/c14-11-7-10(21(15,18)19)5-6-12(11)20-8-13(17)16-9-3-1-2-4-9/h5-7,9H,1-4,8H2,(H,16,17)(H2,15,18,19). The predicted octanol–water partition coefficient (Wildman–Crippen LogP) is 1.53. The second kappa shape index (κ2) is 6.76. The summed E-state index contributed by atoms with van der Waals surface area (Å²) in [5, 5.41) is 7.94. The van der Waals surface area contributed by atoms with E-state index in [2.05, 4.69) is 21.2 Å². The second-order valence-corrected chi connectivity index (χ2v) is 7.39. The summed E-state index contributed by atoms with van der Waals surface area (Å²) >= 11 is 3.20. The Hall–Kier alpha value is -1.12. The van der Waals surface area contributed by atoms with E-state index in [1.807, 2.05) is 0 Å². The number of sulfonamides is 1. The lowest BCUT2D eigenvalue weighted by atomic mass is 10.2. The molecule has 1 saturated carbocycles. The molecule has 0 saturated heterocycles. The first kappa shape index (κ1) is 16.3. The van der Waals surface area contributed by atoms with E-state index in [1.165, 1.54) is 18.2 Å². The number of primary sulfonamides is 1. The first-order valence-corrected chi connectivity index (χ1v) is 8.95. The van der Waals surface area contributed by atoms with Gasteiger partial charge in [0.25, 0.3) is 5.91 Å². The van der Waals surface area contributed by atoms with Crippen molar-refractivity contribution in [2.24, 2.45) is 5.14 Å². The van der Waals surface area contributed by atoms with Gasteiger partial charge in [-0.2, -0.15) is 0 Å². The summed E-state index contributed by atoms with van der Waals surface area (Å²) in [6.07, 6.45) is 4.32. The van der Waals surface area contributed by atoms with Crippen LogP contribution in [0.5, 0.6) is 5.75 Å². The molecule has 1 aliphatic carbocycles. The lowest BCUT2D eigenvalue weighted by Gasteiger charge is -2.13. The highest BCUT2D eigenvalue weighted by atomic mass is 79.9. The zero-order valence-corrected chi connectivity index (χ0v) is 13.7. The van der Waals surface area contributed by atoms with Gasteiger partial charge in [0.15, 0.2) is 6.61 Å². The molecule has 2 rings (SSSR count). The Morgan fingerprint density at radius 2 is 2.05 bits per heavy atom. The molecule has 1 aromatic carbocycles. The third-order valence-corrected chi connectivity index (χ3v) is 4.84. The van der Waals surface area contributed by atoms with Gasteiger partial charge in [-0.3, -0.25) is 4.79 Å². The summed E-state index contributed by atoms with van der Waals surface area (Å²) in [4.78, 5) is 11.7. The van der Waals surface area contributed by atoms with Gasteiger partial charge in [-0.1, -0.05) is 12.8 Å². The van der Waals surface area contributed by atoms with Crippen molar-refractivity contribution in [1.29, 1.82) is 0 Å². The number of hydrogen-bond donors (Lipinski definition) is 2. The second-order valence-electron chi connectivity index (χ2n) is 4.97. The molecule has 1 aliphatic rings. The number of nitrogens with one attached hydrogen (secondary N) is 1. The number of rotatable bonds is 5. The van der Waals surface area contributed by atoms with Crippen molar-refractivity contribution in [3.63, 3.8) is 0 Å². The van der Waals surface area contributed by atoms with Crippen LogP contribution in [0.3, 0.4) is 0 Å². The number of nitrogens with two attached hydrogens (primary N) is 1. The van der Waals surface area contributed by atoms with Crippen LogP contribution < -0.4 is 15.2 Å². The van der Waals surface area contributed by atoms with E-state index in [9.17, 15) is 13.2 Å². The zero-order chi connectivity index (χ0) is 15.5. The number of carbonyl (C=O) groups excluding carboxylic acids is 1. The van der Waals surface area contributed by atoms with Crippen LogP contribution in [0.1, 0.15) is 25.7 Å². The Balaban J connectivity index is 1.92. The molecule has 0 bridgehead atoms. The summed E-state index contributed by atoms with van der Waals surface area (Å²) in [6, 6.07) is 4.39. The number of halogens is 1. The fourth-order valence-corrected chi connectivity index (χ4v) is 3.44. The lowest BCUT2D eigenvalue weighted by Crippen LogP contribution is -2.36. The Morgan fingerprint density at radius 1 is 1.38 bits per heavy atom. The first-order chi connectivity index (χ1) is 9.86. The smallest absolute Gasteiger partial charge is 0.258 e. The van der Waals surface area contributed by atoms with Crippen molar-refractivity contribution in [3.05, 3.63) is 22.7 Å². The monoisotopic (exact) mass is 376 g/mol. The molecular weight excluding hydrogens is 360 g/mol. The van der Waals surface area contributed by atoms with Crippen LogP contribution in [0.4, 0.5) is 0 Å². The summed E-state index contributed by atoms with van der Waals surface area (Å²) < 4.78 is 28.2. The van der Waals surface area contributed by atoms with Gasteiger partial charge in [-0.15, -0.1) is 0 Å². The molecule has 0 aromatic heterocycles. The molecule has 116 valence electrons. The van der Waals surface area contributed by atoms with Crippen LogP contribution in [-0.2, 0) is 14.8 Å². The van der Waals surface area contributed by atoms with Gasteiger partial charge in [0.1, 0.15) is 5.75 Å². The Labute approximate surface area is 132 Å². The summed E-state index contributed by atoms with van der Waals surface area (Å²) in [5.74, 6) is 0.216. The maximum atomic E-state index is 11.7. The van der Waals surface area contributed by atoms with Crippen molar-refractivity contribution >= 4 is 31.9 Å². The molecule has 0 spiro atoms. The minimum atomic E-state index is -3.75. The topological polar surface area (TPSA) is 98.5 Å². The van der Waals surface area contributed by atoms with Gasteiger partial charge in [-0.05, 0) is 47.0 Å². The molecule has 8 heteroatoms. The fraction of sp³-hybridized carbons (Fsp3) is 0.462. The van der Waals surface area contributed by atoms with Crippen LogP contribution in [0.25, 0.3) is 0 Å². The highest BCUT2D eigenvalue weighted by Crippen LogP contribution is 2.27. The van der Waals surface area contributed by atoms with Crippen LogP contribution in [-0.4, -0.2) is 27.0 Å². The van der Waals surface area contributed by atoms with E-state index in [-0.39, 0.29) is 23.5 Å². The number of ether oxygens (including phenoxy) is 1. The average molecular weight is 377 g/mol. The van der Waals surface area contributed by atoms with Crippen molar-refractivity contribution in [2.45, 2.75) is 36.6 Å². The minimum absolute atomic E-state index is 0.0165. The van der Waals surface area contributed by atoms with Crippen LogP contribution in [0.2, 0.25) is 0 Å². The SMILES string of the molecule is NS(=O)(=O)c1ccc(OCC(=O)NC2CCCC2)c(Br)c1. The van der Waals surface area contributed by atoms with E-state index in [0.717, 1.165) is 25.7 Å². The van der Waals surface area contributed by atoms with Crippen LogP contribution in [0, 0.1) is 0 Å². The number of amides is 1. The van der Waals surface area contributed by atoms with Crippen molar-refractivity contribution in [1.82, 2.24) is 5.32 Å². The summed E-state index contributed by atoms with van der Waals surface area (Å²) in [6.45, 7) is -0.107. The van der Waals surface area contributed by atoms with Crippen molar-refractivity contribution in [3.8, 4) is 5.75 Å². The molecule has 0 unspecified atom stereocenters. The van der Waals surface area contributed by atoms with E-state index < -0.39 is 10.0 Å². The maximum Gasteiger partial charge on any atom is 0.258 e. The number of carbonyl (C=O) groups is 1. The molecule has 6 nitrogen and oxygen atoms in total. The van der Waals surface area contributed by atoms with Crippen LogP contribution in [0.15, 0.2) is 27.6 Å². The molecule has 0 aliphatic heterocycles. The van der Waals surface area contributed by atoms with Gasteiger partial charge in [0, 0.05) is 6.04 Å². The van der Waals surface area contributed by atoms with E-state index >= 15 is 0 Å². The Kier molecular flexibility index (Phi) is 5.23. The summed E-state index contributed by atoms with van der Waals surface area (Å²) in [7, 11) is -3.75. The predicted molar refractivity (Wildman–Crippen MR) is 81.4 cm³/mol. The highest BCUT2D eigenvalue weighted by Gasteiger charge is 2.17. The van der Waals surface area contributed by atoms with Gasteiger partial charge < -0.3 is 10.1 Å². The molecular formula is C13H17BrN2O4S. The minimum Gasteiger partial charge on any atom is -0.483 e. The third kappa shape index (κ3) is 4.69. The van der Waals surface area contributed by atoms with Gasteiger partial charge >= 0.3 is 0 Å². The first-order valence-electron chi connectivity index (χ1n) is 6.61. The molecule has 1 amide bonds. The van der Waals surface area contributed by atoms with Gasteiger partial charge in [0.05, 0.1) is 9.37 Å². The molecule has 0 heterocycles. The Morgan fingerprint density at radius 3 is 2.62 bits per heavy atom. The molecule has 0 radical (unpaired) electrons. The van der Waals surface area contributed by atoms with E-state index in [0.29, 0.717) is 10.2 Å². The average Bonchev–Trinajstić information content (AvgIpc) is 2.89. The Bertz CT molecular complexity index is 627. The quantitative estimate of drug-likeness (QED) is 0.813. The van der Waals surface area contributed by atoms with E-state index in [1.54, 1.807) is 0 Å². The largest absolute Gasteiger partial charge is 0.483 e.